The Morgan fingerprint density at radius 2 is 1.04 bits per heavy atom. The lowest BCUT2D eigenvalue weighted by molar-refractivity contribution is 0.0188. The first kappa shape index (κ1) is 31.4. The summed E-state index contributed by atoms with van der Waals surface area (Å²) in [7, 11) is 2.52. The van der Waals surface area contributed by atoms with E-state index in [-0.39, 0.29) is 92.9 Å². The number of aliphatic hydroxyl groups excluding tert-OH is 2. The zero-order valence-electron chi connectivity index (χ0n) is 25.0. The SMILES string of the molecule is COc1c(O)cc(C2Oc3cc(O)c(Cc4c(O)cc(O)c5c4OC(c4cc(O)c(OC)c(O)c4)C(O)C5)c(O)c3CC2O)cc1O. The summed E-state index contributed by atoms with van der Waals surface area (Å²) in [6.45, 7) is 0. The maximum absolute atomic E-state index is 11.3. The van der Waals surface area contributed by atoms with Crippen molar-refractivity contribution >= 4 is 0 Å². The van der Waals surface area contributed by atoms with Gasteiger partial charge in [-0.15, -0.1) is 0 Å². The topological polar surface area (TPSA) is 239 Å². The molecule has 6 rings (SSSR count). The summed E-state index contributed by atoms with van der Waals surface area (Å²) >= 11 is 0. The number of hydrogen-bond donors (Lipinski definition) is 10. The molecule has 0 aromatic heterocycles. The number of rotatable bonds is 6. The third-order valence-corrected chi connectivity index (χ3v) is 8.47. The van der Waals surface area contributed by atoms with Crippen LogP contribution in [0, 0.1) is 0 Å². The highest BCUT2D eigenvalue weighted by Gasteiger charge is 2.38. The molecule has 0 bridgehead atoms. The van der Waals surface area contributed by atoms with Crippen molar-refractivity contribution in [2.24, 2.45) is 0 Å². The Kier molecular flexibility index (Phi) is 7.77. The molecule has 2 aliphatic heterocycles. The second-order valence-corrected chi connectivity index (χ2v) is 11.4. The Labute approximate surface area is 266 Å². The zero-order valence-corrected chi connectivity index (χ0v) is 25.0. The van der Waals surface area contributed by atoms with E-state index in [2.05, 4.69) is 0 Å². The van der Waals surface area contributed by atoms with Crippen LogP contribution in [0.1, 0.15) is 45.6 Å². The summed E-state index contributed by atoms with van der Waals surface area (Å²) < 4.78 is 21.9. The van der Waals surface area contributed by atoms with Gasteiger partial charge in [-0.3, -0.25) is 0 Å². The smallest absolute Gasteiger partial charge is 0.202 e. The molecule has 0 radical (unpaired) electrons. The third-order valence-electron chi connectivity index (χ3n) is 8.47. The molecule has 2 aliphatic rings. The van der Waals surface area contributed by atoms with Crippen LogP contribution in [0.15, 0.2) is 36.4 Å². The van der Waals surface area contributed by atoms with Gasteiger partial charge in [-0.2, -0.15) is 0 Å². The molecule has 10 N–H and O–H groups in total. The standard InChI is InChI=1S/C33H32O14/c1-44-32-21(37)3-12(4-22(32)38)29-26(42)9-17-27(46-29)11-20(36)14(28(17)43)7-15-18(34)10-19(35)16-8-25(41)30(47-31(15)16)13-5-23(39)33(45-2)24(40)6-13/h3-6,10-11,25-26,29-30,34-43H,7-9H2,1-2H3. The lowest BCUT2D eigenvalue weighted by Crippen LogP contribution is -2.31. The van der Waals surface area contributed by atoms with E-state index in [1.165, 1.54) is 44.6 Å². The highest BCUT2D eigenvalue weighted by Crippen LogP contribution is 2.51. The molecule has 0 fully saturated rings. The van der Waals surface area contributed by atoms with Crippen molar-refractivity contribution in [3.05, 3.63) is 69.8 Å². The van der Waals surface area contributed by atoms with Crippen LogP contribution < -0.4 is 18.9 Å². The molecule has 4 aromatic carbocycles. The minimum Gasteiger partial charge on any atom is -0.507 e. The first-order valence-corrected chi connectivity index (χ1v) is 14.3. The Bertz CT molecular complexity index is 1840. The maximum atomic E-state index is 11.3. The highest BCUT2D eigenvalue weighted by atomic mass is 16.5. The quantitative estimate of drug-likeness (QED) is 0.144. The van der Waals surface area contributed by atoms with Gasteiger partial charge in [-0.05, 0) is 24.3 Å². The zero-order chi connectivity index (χ0) is 33.9. The molecule has 4 atom stereocenters. The van der Waals surface area contributed by atoms with Gasteiger partial charge in [0.15, 0.2) is 35.2 Å². The number of aliphatic hydroxyl groups is 2. The van der Waals surface area contributed by atoms with Gasteiger partial charge in [0, 0.05) is 64.8 Å². The van der Waals surface area contributed by atoms with Gasteiger partial charge in [-0.25, -0.2) is 0 Å². The first-order valence-electron chi connectivity index (χ1n) is 14.3. The predicted molar refractivity (Wildman–Crippen MR) is 161 cm³/mol. The molecule has 0 aliphatic carbocycles. The van der Waals surface area contributed by atoms with Crippen LogP contribution in [-0.2, 0) is 19.3 Å². The van der Waals surface area contributed by atoms with E-state index in [0.29, 0.717) is 0 Å². The van der Waals surface area contributed by atoms with E-state index in [4.69, 9.17) is 18.9 Å². The molecule has 4 unspecified atom stereocenters. The largest absolute Gasteiger partial charge is 0.507 e. The average molecular weight is 653 g/mol. The maximum Gasteiger partial charge on any atom is 0.202 e. The van der Waals surface area contributed by atoms with E-state index in [0.717, 1.165) is 6.07 Å². The molecular weight excluding hydrogens is 620 g/mol. The third kappa shape index (κ3) is 5.26. The monoisotopic (exact) mass is 652 g/mol. The van der Waals surface area contributed by atoms with Crippen molar-refractivity contribution in [3.63, 3.8) is 0 Å². The first-order chi connectivity index (χ1) is 22.3. The van der Waals surface area contributed by atoms with Crippen LogP contribution >= 0.6 is 0 Å². The van der Waals surface area contributed by atoms with Crippen molar-refractivity contribution in [2.75, 3.05) is 14.2 Å². The Hall–Kier alpha value is -5.60. The van der Waals surface area contributed by atoms with Crippen molar-refractivity contribution < 1.29 is 70.0 Å². The normalized spacial score (nSPS) is 20.0. The number of hydrogen-bond acceptors (Lipinski definition) is 14. The van der Waals surface area contributed by atoms with Crippen molar-refractivity contribution in [1.29, 1.82) is 0 Å². The fourth-order valence-corrected chi connectivity index (χ4v) is 6.22. The van der Waals surface area contributed by atoms with Crippen molar-refractivity contribution in [2.45, 2.75) is 43.7 Å². The number of ether oxygens (including phenoxy) is 4. The van der Waals surface area contributed by atoms with Gasteiger partial charge in [0.05, 0.1) is 26.4 Å². The van der Waals surface area contributed by atoms with Crippen LogP contribution in [0.4, 0.5) is 0 Å². The molecule has 4 aromatic rings. The molecule has 14 nitrogen and oxygen atoms in total. The number of aromatic hydroxyl groups is 8. The molecular formula is C33H32O14. The minimum atomic E-state index is -1.27. The average Bonchev–Trinajstić information content (AvgIpc) is 3.00. The van der Waals surface area contributed by atoms with E-state index >= 15 is 0 Å². The number of phenols is 8. The molecule has 0 saturated heterocycles. The Balaban J connectivity index is 1.36. The molecule has 0 amide bonds. The van der Waals surface area contributed by atoms with Gasteiger partial charge < -0.3 is 70.0 Å². The summed E-state index contributed by atoms with van der Waals surface area (Å²) in [6, 6.07) is 7.22. The molecule has 0 spiro atoms. The van der Waals surface area contributed by atoms with Crippen LogP contribution in [0.25, 0.3) is 0 Å². The van der Waals surface area contributed by atoms with E-state index in [9.17, 15) is 51.1 Å². The van der Waals surface area contributed by atoms with Crippen molar-refractivity contribution in [3.8, 4) is 69.0 Å². The summed E-state index contributed by atoms with van der Waals surface area (Å²) in [5.74, 6) is -3.73. The van der Waals surface area contributed by atoms with Gasteiger partial charge in [0.2, 0.25) is 11.5 Å². The van der Waals surface area contributed by atoms with Gasteiger partial charge in [-0.1, -0.05) is 0 Å². The van der Waals surface area contributed by atoms with Crippen LogP contribution in [0.3, 0.4) is 0 Å². The molecule has 0 saturated carbocycles. The van der Waals surface area contributed by atoms with Gasteiger partial charge in [0.25, 0.3) is 0 Å². The fourth-order valence-electron chi connectivity index (χ4n) is 6.22. The van der Waals surface area contributed by atoms with Gasteiger partial charge in [0.1, 0.15) is 34.5 Å². The lowest BCUT2D eigenvalue weighted by atomic mass is 9.88. The summed E-state index contributed by atoms with van der Waals surface area (Å²) in [6.07, 6.45) is -5.49. The highest BCUT2D eigenvalue weighted by molar-refractivity contribution is 5.64. The molecule has 2 heterocycles. The van der Waals surface area contributed by atoms with Crippen molar-refractivity contribution in [1.82, 2.24) is 0 Å². The number of fused-ring (bicyclic) bond motifs is 2. The Morgan fingerprint density at radius 3 is 1.55 bits per heavy atom. The number of benzene rings is 4. The molecule has 248 valence electrons. The second kappa shape index (κ2) is 11.6. The summed E-state index contributed by atoms with van der Waals surface area (Å²) in [5, 5.41) is 107. The predicted octanol–water partition coefficient (Wildman–Crippen LogP) is 3.01. The lowest BCUT2D eigenvalue weighted by Gasteiger charge is -2.34. The van der Waals surface area contributed by atoms with E-state index in [1.54, 1.807) is 0 Å². The van der Waals surface area contributed by atoms with Crippen LogP contribution in [0.5, 0.6) is 69.0 Å². The van der Waals surface area contributed by atoms with E-state index in [1.807, 2.05) is 0 Å². The summed E-state index contributed by atoms with van der Waals surface area (Å²) in [5.41, 5.74) is 0.581. The second-order valence-electron chi connectivity index (χ2n) is 11.4. The Morgan fingerprint density at radius 1 is 0.574 bits per heavy atom. The van der Waals surface area contributed by atoms with Gasteiger partial charge >= 0.3 is 0 Å². The molecule has 14 heteroatoms. The van der Waals surface area contributed by atoms with Crippen LogP contribution in [-0.4, -0.2) is 77.5 Å². The number of methoxy groups -OCH3 is 2. The fraction of sp³-hybridized carbons (Fsp3) is 0.273. The number of phenolic OH excluding ortho intramolecular Hbond substituents is 8. The minimum absolute atomic E-state index is 0.0179. The summed E-state index contributed by atoms with van der Waals surface area (Å²) in [4.78, 5) is 0. The van der Waals surface area contributed by atoms with Crippen LogP contribution in [0.2, 0.25) is 0 Å². The molecule has 47 heavy (non-hydrogen) atoms. The van der Waals surface area contributed by atoms with E-state index < -0.39 is 53.2 Å².